The van der Waals surface area contributed by atoms with Crippen molar-refractivity contribution >= 4 is 33.0 Å². The molecule has 4 rings (SSSR count). The minimum absolute atomic E-state index is 0.186. The molecule has 0 spiro atoms. The Balaban J connectivity index is 1.46. The zero-order valence-corrected chi connectivity index (χ0v) is 17.9. The van der Waals surface area contributed by atoms with E-state index in [-0.39, 0.29) is 10.8 Å². The summed E-state index contributed by atoms with van der Waals surface area (Å²) in [4.78, 5) is 15.3. The molecule has 1 saturated heterocycles. The molecule has 0 aliphatic carbocycles. The molecule has 3 aromatic rings. The van der Waals surface area contributed by atoms with Gasteiger partial charge in [0.25, 0.3) is 15.9 Å². The van der Waals surface area contributed by atoms with Crippen LogP contribution in [0.4, 0.5) is 17.1 Å². The van der Waals surface area contributed by atoms with Crippen molar-refractivity contribution in [2.75, 3.05) is 28.0 Å². The standard InChI is InChI=1S/C24H25N3O3S/c28-24(25-22-11-5-6-12-23(22)27-17-7-2-8-18-27)19-13-15-20(16-14-19)26-31(29,30)21-9-3-1-4-10-21/h1,3-6,9-16,26H,2,7-8,17-18H2,(H,25,28). The van der Waals surface area contributed by atoms with Crippen LogP contribution < -0.4 is 14.9 Å². The van der Waals surface area contributed by atoms with Crippen molar-refractivity contribution in [3.63, 3.8) is 0 Å². The van der Waals surface area contributed by atoms with Gasteiger partial charge in [-0.15, -0.1) is 0 Å². The second kappa shape index (κ2) is 9.22. The maximum absolute atomic E-state index is 12.8. The number of amides is 1. The Kier molecular flexibility index (Phi) is 6.23. The van der Waals surface area contributed by atoms with Crippen LogP contribution in [0.5, 0.6) is 0 Å². The first-order valence-electron chi connectivity index (χ1n) is 10.4. The number of piperidine rings is 1. The first-order valence-corrected chi connectivity index (χ1v) is 11.8. The zero-order chi connectivity index (χ0) is 21.7. The molecule has 1 aliphatic heterocycles. The molecule has 31 heavy (non-hydrogen) atoms. The lowest BCUT2D eigenvalue weighted by Crippen LogP contribution is -2.30. The Morgan fingerprint density at radius 3 is 2.13 bits per heavy atom. The van der Waals surface area contributed by atoms with Gasteiger partial charge in [0.05, 0.1) is 16.3 Å². The summed E-state index contributed by atoms with van der Waals surface area (Å²) < 4.78 is 27.4. The van der Waals surface area contributed by atoms with Crippen LogP contribution in [0.15, 0.2) is 83.8 Å². The molecule has 1 amide bonds. The first-order chi connectivity index (χ1) is 15.0. The van der Waals surface area contributed by atoms with Crippen molar-refractivity contribution in [2.45, 2.75) is 24.2 Å². The molecule has 0 unspecified atom stereocenters. The molecule has 0 saturated carbocycles. The number of sulfonamides is 1. The molecule has 2 N–H and O–H groups in total. The molecular formula is C24H25N3O3S. The maximum atomic E-state index is 12.8. The number of carbonyl (C=O) groups is 1. The van der Waals surface area contributed by atoms with E-state index in [1.165, 1.54) is 18.6 Å². The lowest BCUT2D eigenvalue weighted by atomic mass is 10.1. The summed E-state index contributed by atoms with van der Waals surface area (Å²) in [7, 11) is -3.67. The van der Waals surface area contributed by atoms with Crippen LogP contribution in [0.2, 0.25) is 0 Å². The lowest BCUT2D eigenvalue weighted by Gasteiger charge is -2.30. The fourth-order valence-corrected chi connectivity index (χ4v) is 4.77. The van der Waals surface area contributed by atoms with E-state index in [9.17, 15) is 13.2 Å². The second-order valence-corrected chi connectivity index (χ2v) is 9.20. The normalized spacial score (nSPS) is 14.1. The van der Waals surface area contributed by atoms with Crippen molar-refractivity contribution in [3.8, 4) is 0 Å². The van der Waals surface area contributed by atoms with E-state index < -0.39 is 10.0 Å². The monoisotopic (exact) mass is 435 g/mol. The Morgan fingerprint density at radius 2 is 1.42 bits per heavy atom. The molecule has 0 aromatic heterocycles. The van der Waals surface area contributed by atoms with Crippen LogP contribution in [0.25, 0.3) is 0 Å². The van der Waals surface area contributed by atoms with Crippen LogP contribution >= 0.6 is 0 Å². The Morgan fingerprint density at radius 1 is 0.774 bits per heavy atom. The molecule has 0 radical (unpaired) electrons. The first kappa shape index (κ1) is 20.9. The largest absolute Gasteiger partial charge is 0.370 e. The van der Waals surface area contributed by atoms with Gasteiger partial charge in [-0.1, -0.05) is 30.3 Å². The van der Waals surface area contributed by atoms with Gasteiger partial charge in [-0.3, -0.25) is 9.52 Å². The van der Waals surface area contributed by atoms with E-state index in [1.807, 2.05) is 24.3 Å². The van der Waals surface area contributed by atoms with Gasteiger partial charge in [0.2, 0.25) is 0 Å². The Hall–Kier alpha value is -3.32. The van der Waals surface area contributed by atoms with Gasteiger partial charge in [-0.05, 0) is 67.8 Å². The third-order valence-electron chi connectivity index (χ3n) is 5.30. The molecule has 1 heterocycles. The number of benzene rings is 3. The summed E-state index contributed by atoms with van der Waals surface area (Å²) in [6.07, 6.45) is 3.55. The van der Waals surface area contributed by atoms with Crippen molar-refractivity contribution in [2.24, 2.45) is 0 Å². The molecule has 160 valence electrons. The number of nitrogens with one attached hydrogen (secondary N) is 2. The third-order valence-corrected chi connectivity index (χ3v) is 6.70. The van der Waals surface area contributed by atoms with E-state index in [4.69, 9.17) is 0 Å². The summed E-state index contributed by atoms with van der Waals surface area (Å²) in [6.45, 7) is 1.98. The van der Waals surface area contributed by atoms with Gasteiger partial charge in [-0.2, -0.15) is 0 Å². The summed E-state index contributed by atoms with van der Waals surface area (Å²) in [5.74, 6) is -0.234. The summed E-state index contributed by atoms with van der Waals surface area (Å²) >= 11 is 0. The molecule has 7 heteroatoms. The SMILES string of the molecule is O=C(Nc1ccccc1N1CCCCC1)c1ccc(NS(=O)(=O)c2ccccc2)cc1. The number of para-hydroxylation sites is 2. The van der Waals surface area contributed by atoms with Gasteiger partial charge in [-0.25, -0.2) is 8.42 Å². The van der Waals surface area contributed by atoms with E-state index >= 15 is 0 Å². The van der Waals surface area contributed by atoms with Crippen LogP contribution in [0.3, 0.4) is 0 Å². The second-order valence-electron chi connectivity index (χ2n) is 7.51. The molecular weight excluding hydrogens is 410 g/mol. The van der Waals surface area contributed by atoms with Crippen molar-refractivity contribution in [1.29, 1.82) is 0 Å². The van der Waals surface area contributed by atoms with Gasteiger partial charge < -0.3 is 10.2 Å². The van der Waals surface area contributed by atoms with Gasteiger partial charge in [0, 0.05) is 24.3 Å². The molecule has 1 fully saturated rings. The van der Waals surface area contributed by atoms with Gasteiger partial charge >= 0.3 is 0 Å². The highest BCUT2D eigenvalue weighted by atomic mass is 32.2. The van der Waals surface area contributed by atoms with Crippen LogP contribution in [0.1, 0.15) is 29.6 Å². The molecule has 3 aromatic carbocycles. The summed E-state index contributed by atoms with van der Waals surface area (Å²) in [6, 6.07) is 22.4. The lowest BCUT2D eigenvalue weighted by molar-refractivity contribution is 0.102. The minimum atomic E-state index is -3.67. The highest BCUT2D eigenvalue weighted by molar-refractivity contribution is 7.92. The Labute approximate surface area is 183 Å². The number of rotatable bonds is 6. The van der Waals surface area contributed by atoms with Gasteiger partial charge in [0.15, 0.2) is 0 Å². The Bertz CT molecular complexity index is 1140. The number of hydrogen-bond donors (Lipinski definition) is 2. The number of nitrogens with zero attached hydrogens (tertiary/aromatic N) is 1. The molecule has 1 aliphatic rings. The zero-order valence-electron chi connectivity index (χ0n) is 17.1. The van der Waals surface area contributed by atoms with Crippen LogP contribution in [-0.4, -0.2) is 27.4 Å². The summed E-state index contributed by atoms with van der Waals surface area (Å²) in [5.41, 5.74) is 2.66. The highest BCUT2D eigenvalue weighted by Crippen LogP contribution is 2.28. The van der Waals surface area contributed by atoms with Gasteiger partial charge in [0.1, 0.15) is 0 Å². The quantitative estimate of drug-likeness (QED) is 0.587. The van der Waals surface area contributed by atoms with Crippen LogP contribution in [0, 0.1) is 0 Å². The average molecular weight is 436 g/mol. The van der Waals surface area contributed by atoms with Crippen LogP contribution in [-0.2, 0) is 10.0 Å². The number of anilines is 3. The topological polar surface area (TPSA) is 78.5 Å². The minimum Gasteiger partial charge on any atom is -0.370 e. The predicted octanol–water partition coefficient (Wildman–Crippen LogP) is 4.73. The molecule has 0 atom stereocenters. The average Bonchev–Trinajstić information content (AvgIpc) is 2.81. The van der Waals surface area contributed by atoms with E-state index in [0.717, 1.165) is 37.3 Å². The third kappa shape index (κ3) is 5.06. The molecule has 0 bridgehead atoms. The van der Waals surface area contributed by atoms with Crippen molar-refractivity contribution < 1.29 is 13.2 Å². The number of hydrogen-bond acceptors (Lipinski definition) is 4. The van der Waals surface area contributed by atoms with E-state index in [1.54, 1.807) is 42.5 Å². The maximum Gasteiger partial charge on any atom is 0.261 e. The van der Waals surface area contributed by atoms with E-state index in [2.05, 4.69) is 14.9 Å². The number of carbonyl (C=O) groups excluding carboxylic acids is 1. The van der Waals surface area contributed by atoms with Crippen molar-refractivity contribution in [1.82, 2.24) is 0 Å². The fourth-order valence-electron chi connectivity index (χ4n) is 3.69. The van der Waals surface area contributed by atoms with Crippen molar-refractivity contribution in [3.05, 3.63) is 84.4 Å². The smallest absolute Gasteiger partial charge is 0.261 e. The summed E-state index contributed by atoms with van der Waals surface area (Å²) in [5, 5.41) is 3.00. The molecule has 6 nitrogen and oxygen atoms in total. The predicted molar refractivity (Wildman–Crippen MR) is 124 cm³/mol. The fraction of sp³-hybridized carbons (Fsp3) is 0.208. The van der Waals surface area contributed by atoms with E-state index in [0.29, 0.717) is 11.3 Å². The highest BCUT2D eigenvalue weighted by Gasteiger charge is 2.17.